The molecule has 1 heterocycles. The second-order valence-electron chi connectivity index (χ2n) is 1.46. The fraction of sp³-hybridized carbons (Fsp3) is 0. The molecule has 8 heteroatoms. The highest BCUT2D eigenvalue weighted by atomic mass is 16.6. The molecule has 1 rings (SSSR count). The van der Waals surface area contributed by atoms with Gasteiger partial charge < -0.3 is 21.9 Å². The molecule has 0 aromatic rings. The highest BCUT2D eigenvalue weighted by Crippen LogP contribution is 1.97. The molecule has 0 amide bonds. The van der Waals surface area contributed by atoms with Gasteiger partial charge in [-0.25, -0.2) is 0 Å². The molecule has 0 saturated carbocycles. The molecular weight excluding hydrogens is 140 g/mol. The Balaban J connectivity index is 2.81. The van der Waals surface area contributed by atoms with E-state index in [2.05, 4.69) is 10.2 Å². The summed E-state index contributed by atoms with van der Waals surface area (Å²) in [5, 5.41) is 26.6. The smallest absolute Gasteiger partial charge is 0.223 e. The van der Waals surface area contributed by atoms with Crippen LogP contribution < -0.4 is 11.5 Å². The Hall–Kier alpha value is -1.54. The van der Waals surface area contributed by atoms with E-state index in [1.807, 2.05) is 0 Å². The highest BCUT2D eigenvalue weighted by Gasteiger charge is 2.04. The fourth-order valence-electron chi connectivity index (χ4n) is 0.365. The Kier molecular flexibility index (Phi) is 1.32. The number of nitrogens with zero attached hydrogens (tertiary/aromatic N) is 4. The summed E-state index contributed by atoms with van der Waals surface area (Å²) in [4.78, 5) is 0. The molecule has 0 aliphatic carbocycles. The Bertz CT molecular complexity index is 176. The molecule has 0 saturated heterocycles. The molecule has 0 radical (unpaired) electrons. The van der Waals surface area contributed by atoms with Gasteiger partial charge in [0.2, 0.25) is 11.9 Å². The van der Waals surface area contributed by atoms with Crippen molar-refractivity contribution in [2.45, 2.75) is 0 Å². The quantitative estimate of drug-likeness (QED) is 0.406. The predicted molar refractivity (Wildman–Crippen MR) is 33.7 cm³/mol. The summed E-state index contributed by atoms with van der Waals surface area (Å²) in [7, 11) is 0. The summed E-state index contributed by atoms with van der Waals surface area (Å²) < 4.78 is 0. The first-order valence-electron chi connectivity index (χ1n) is 2.24. The summed E-state index contributed by atoms with van der Waals surface area (Å²) in [5.41, 5.74) is 9.78. The summed E-state index contributed by atoms with van der Waals surface area (Å²) in [6, 6.07) is 0. The lowest BCUT2D eigenvalue weighted by molar-refractivity contribution is 0.480. The van der Waals surface area contributed by atoms with Gasteiger partial charge in [-0.05, 0) is 0 Å². The highest BCUT2D eigenvalue weighted by molar-refractivity contribution is 5.87. The largest absolute Gasteiger partial charge is 0.735 e. The van der Waals surface area contributed by atoms with Gasteiger partial charge in [0.05, 0.1) is 0 Å². The molecule has 0 unspecified atom stereocenters. The van der Waals surface area contributed by atoms with E-state index >= 15 is 0 Å². The maximum Gasteiger partial charge on any atom is 0.223 e. The monoisotopic (exact) mass is 144 g/mol. The number of rotatable bonds is 0. The van der Waals surface area contributed by atoms with E-state index in [0.29, 0.717) is 0 Å². The second kappa shape index (κ2) is 2.01. The number of nitrogens with two attached hydrogens (primary N) is 2. The van der Waals surface area contributed by atoms with Crippen LogP contribution in [0.5, 0.6) is 0 Å². The molecule has 8 nitrogen and oxygen atoms in total. The van der Waals surface area contributed by atoms with Gasteiger partial charge in [0.1, 0.15) is 0 Å². The predicted octanol–water partition coefficient (Wildman–Crippen LogP) is -1.94. The van der Waals surface area contributed by atoms with Gasteiger partial charge in [-0.1, -0.05) is 0 Å². The molecular formula is C2H4N6O2-2. The summed E-state index contributed by atoms with van der Waals surface area (Å²) in [6.07, 6.45) is 0. The fourth-order valence-corrected chi connectivity index (χ4v) is 0.365. The van der Waals surface area contributed by atoms with Crippen molar-refractivity contribution in [1.82, 2.24) is 10.3 Å². The van der Waals surface area contributed by atoms with Crippen LogP contribution in [0.4, 0.5) is 0 Å². The maximum atomic E-state index is 10.4. The van der Waals surface area contributed by atoms with Crippen LogP contribution in [0.25, 0.3) is 0 Å². The van der Waals surface area contributed by atoms with Gasteiger partial charge >= 0.3 is 0 Å². The summed E-state index contributed by atoms with van der Waals surface area (Å²) in [6.45, 7) is 0. The van der Waals surface area contributed by atoms with Gasteiger partial charge in [-0.15, -0.1) is 10.2 Å². The molecule has 0 atom stereocenters. The van der Waals surface area contributed by atoms with Crippen LogP contribution in [0.2, 0.25) is 0 Å². The zero-order valence-corrected chi connectivity index (χ0v) is 4.76. The summed E-state index contributed by atoms with van der Waals surface area (Å²) >= 11 is 0. The lowest BCUT2D eigenvalue weighted by atomic mass is 10.9. The van der Waals surface area contributed by atoms with Crippen molar-refractivity contribution in [3.63, 3.8) is 0 Å². The van der Waals surface area contributed by atoms with Crippen molar-refractivity contribution >= 4 is 11.9 Å². The number of hydrazone groups is 2. The maximum absolute atomic E-state index is 10.4. The standard InChI is InChI=1S/C2H4N6O2/c3-1-5-8(10)2(4)6-7(1)9/h(H2,3,5)(H2,4,6)/q-2. The lowest BCUT2D eigenvalue weighted by Crippen LogP contribution is -2.42. The van der Waals surface area contributed by atoms with E-state index in [0.717, 1.165) is 0 Å². The molecule has 10 heavy (non-hydrogen) atoms. The topological polar surface area (TPSA) is 129 Å². The van der Waals surface area contributed by atoms with E-state index in [1.165, 1.54) is 0 Å². The van der Waals surface area contributed by atoms with Crippen molar-refractivity contribution in [1.29, 1.82) is 0 Å². The van der Waals surface area contributed by atoms with Crippen LogP contribution in [0.15, 0.2) is 10.2 Å². The third-order valence-corrected chi connectivity index (χ3v) is 0.779. The molecule has 1 aliphatic rings. The SMILES string of the molecule is NC1=NN([O-])C(N)=NN1[O-]. The van der Waals surface area contributed by atoms with Crippen LogP contribution >= 0.6 is 0 Å². The minimum Gasteiger partial charge on any atom is -0.735 e. The molecule has 1 aliphatic heterocycles. The van der Waals surface area contributed by atoms with E-state index < -0.39 is 11.9 Å². The van der Waals surface area contributed by atoms with Gasteiger partial charge in [-0.3, -0.25) is 10.3 Å². The Morgan fingerprint density at radius 1 is 1.00 bits per heavy atom. The molecule has 0 fully saturated rings. The van der Waals surface area contributed by atoms with Crippen LogP contribution in [-0.4, -0.2) is 22.3 Å². The number of hydroxylamine groups is 2. The van der Waals surface area contributed by atoms with Gasteiger partial charge in [-0.2, -0.15) is 0 Å². The zero-order valence-electron chi connectivity index (χ0n) is 4.76. The number of hydrogen-bond acceptors (Lipinski definition) is 8. The van der Waals surface area contributed by atoms with Gasteiger partial charge in [0.15, 0.2) is 0 Å². The van der Waals surface area contributed by atoms with E-state index in [9.17, 15) is 10.4 Å². The third-order valence-electron chi connectivity index (χ3n) is 0.779. The average molecular weight is 144 g/mol. The van der Waals surface area contributed by atoms with Crippen LogP contribution in [0, 0.1) is 10.4 Å². The number of guanidine groups is 2. The first-order chi connectivity index (χ1) is 4.61. The second-order valence-corrected chi connectivity index (χ2v) is 1.46. The molecule has 0 aromatic carbocycles. The molecule has 0 spiro atoms. The van der Waals surface area contributed by atoms with E-state index in [4.69, 9.17) is 11.5 Å². The Morgan fingerprint density at radius 3 is 1.60 bits per heavy atom. The molecule has 0 aromatic heterocycles. The summed E-state index contributed by atoms with van der Waals surface area (Å²) in [5.74, 6) is -1.08. The van der Waals surface area contributed by atoms with Crippen LogP contribution in [0.3, 0.4) is 0 Å². The van der Waals surface area contributed by atoms with Gasteiger partial charge in [0.25, 0.3) is 0 Å². The first-order valence-corrected chi connectivity index (χ1v) is 2.24. The molecule has 0 bridgehead atoms. The molecule has 4 N–H and O–H groups in total. The van der Waals surface area contributed by atoms with Crippen molar-refractivity contribution in [3.05, 3.63) is 10.4 Å². The Labute approximate surface area is 55.5 Å². The minimum atomic E-state index is -0.538. The lowest BCUT2D eigenvalue weighted by Gasteiger charge is -2.33. The van der Waals surface area contributed by atoms with E-state index in [1.54, 1.807) is 0 Å². The van der Waals surface area contributed by atoms with Crippen molar-refractivity contribution < 1.29 is 0 Å². The van der Waals surface area contributed by atoms with E-state index in [-0.39, 0.29) is 10.3 Å². The molecule has 56 valence electrons. The van der Waals surface area contributed by atoms with Crippen molar-refractivity contribution in [2.24, 2.45) is 21.7 Å². The third kappa shape index (κ3) is 0.921. The van der Waals surface area contributed by atoms with Crippen molar-refractivity contribution in [3.8, 4) is 0 Å². The normalized spacial score (nSPS) is 18.6. The van der Waals surface area contributed by atoms with Crippen LogP contribution in [0.1, 0.15) is 0 Å². The van der Waals surface area contributed by atoms with Crippen LogP contribution in [-0.2, 0) is 0 Å². The van der Waals surface area contributed by atoms with Gasteiger partial charge in [0, 0.05) is 0 Å². The Morgan fingerprint density at radius 2 is 1.30 bits per heavy atom. The van der Waals surface area contributed by atoms with Crippen molar-refractivity contribution in [2.75, 3.05) is 0 Å². The minimum absolute atomic E-state index is 0.0380. The first kappa shape index (κ1) is 6.58. The average Bonchev–Trinajstić information content (AvgIpc) is 1.84. The number of hydrogen-bond donors (Lipinski definition) is 2. The zero-order chi connectivity index (χ0) is 7.72.